The summed E-state index contributed by atoms with van der Waals surface area (Å²) in [5, 5.41) is 10.0. The van der Waals surface area contributed by atoms with E-state index in [0.29, 0.717) is 5.56 Å². The van der Waals surface area contributed by atoms with E-state index in [-0.39, 0.29) is 17.0 Å². The molecule has 94 valence electrons. The number of aliphatic hydroxyl groups excluding tert-OH is 1. The van der Waals surface area contributed by atoms with Gasteiger partial charge in [-0.1, -0.05) is 50.3 Å². The van der Waals surface area contributed by atoms with Gasteiger partial charge < -0.3 is 5.11 Å². The van der Waals surface area contributed by atoms with E-state index in [1.165, 1.54) is 0 Å². The number of allylic oxidation sites excluding steroid dienone is 4. The molecule has 1 aromatic rings. The Balaban J connectivity index is 2.43. The van der Waals surface area contributed by atoms with E-state index in [1.807, 2.05) is 51.1 Å². The Morgan fingerprint density at radius 2 is 1.94 bits per heavy atom. The van der Waals surface area contributed by atoms with E-state index in [2.05, 4.69) is 0 Å². The van der Waals surface area contributed by atoms with Gasteiger partial charge in [0, 0.05) is 11.0 Å². The van der Waals surface area contributed by atoms with Crippen LogP contribution in [0.5, 0.6) is 0 Å². The minimum absolute atomic E-state index is 0.0174. The number of hydrogen-bond donors (Lipinski definition) is 1. The number of hydrogen-bond acceptors (Lipinski definition) is 2. The number of Topliss-reactive ketones (excluding diaryl/α,β-unsaturated/α-hetero) is 1. The van der Waals surface area contributed by atoms with Crippen LogP contribution in [-0.4, -0.2) is 10.9 Å². The highest BCUT2D eigenvalue weighted by molar-refractivity contribution is 6.01. The molecule has 2 nitrogen and oxygen atoms in total. The lowest BCUT2D eigenvalue weighted by Crippen LogP contribution is -2.33. The second-order valence-electron chi connectivity index (χ2n) is 5.38. The molecule has 1 aliphatic rings. The standard InChI is InChI=1S/C16H18O2/c1-11-7-4-5-8-12(11)15(18)14-13(17)9-6-10-16(14,2)3/h4-10,14,17H,1-3H3. The molecule has 18 heavy (non-hydrogen) atoms. The molecule has 0 radical (unpaired) electrons. The molecule has 0 fully saturated rings. The van der Waals surface area contributed by atoms with Gasteiger partial charge in [0.25, 0.3) is 0 Å². The Morgan fingerprint density at radius 3 is 2.56 bits per heavy atom. The van der Waals surface area contributed by atoms with Crippen molar-refractivity contribution in [2.75, 3.05) is 0 Å². The van der Waals surface area contributed by atoms with Crippen molar-refractivity contribution in [2.24, 2.45) is 11.3 Å². The highest BCUT2D eigenvalue weighted by Gasteiger charge is 2.38. The molecule has 0 heterocycles. The summed E-state index contributed by atoms with van der Waals surface area (Å²) in [5.41, 5.74) is 1.27. The zero-order chi connectivity index (χ0) is 13.3. The summed E-state index contributed by atoms with van der Waals surface area (Å²) in [4.78, 5) is 12.6. The Bertz CT molecular complexity index is 536. The highest BCUT2D eigenvalue weighted by Crippen LogP contribution is 2.38. The first-order chi connectivity index (χ1) is 8.43. The zero-order valence-corrected chi connectivity index (χ0v) is 11.0. The van der Waals surface area contributed by atoms with Crippen LogP contribution in [0.25, 0.3) is 0 Å². The van der Waals surface area contributed by atoms with Crippen molar-refractivity contribution in [3.63, 3.8) is 0 Å². The van der Waals surface area contributed by atoms with Gasteiger partial charge in [0.05, 0.1) is 5.92 Å². The zero-order valence-electron chi connectivity index (χ0n) is 11.0. The molecule has 1 aliphatic carbocycles. The Labute approximate surface area is 108 Å². The second-order valence-corrected chi connectivity index (χ2v) is 5.38. The average Bonchev–Trinajstić information content (AvgIpc) is 2.28. The molecule has 0 aromatic heterocycles. The van der Waals surface area contributed by atoms with E-state index in [4.69, 9.17) is 0 Å². The molecule has 1 atom stereocenters. The molecule has 1 N–H and O–H groups in total. The highest BCUT2D eigenvalue weighted by atomic mass is 16.3. The SMILES string of the molecule is Cc1ccccc1C(=O)C1C(O)=CC=CC1(C)C. The fourth-order valence-electron chi connectivity index (χ4n) is 2.45. The maximum absolute atomic E-state index is 12.6. The van der Waals surface area contributed by atoms with E-state index < -0.39 is 5.92 Å². The lowest BCUT2D eigenvalue weighted by atomic mass is 9.71. The maximum Gasteiger partial charge on any atom is 0.174 e. The summed E-state index contributed by atoms with van der Waals surface area (Å²) in [5.74, 6) is -0.365. The molecule has 0 saturated carbocycles. The Morgan fingerprint density at radius 1 is 1.28 bits per heavy atom. The molecule has 0 aliphatic heterocycles. The van der Waals surface area contributed by atoms with E-state index in [1.54, 1.807) is 12.2 Å². The van der Waals surface area contributed by atoms with Crippen LogP contribution in [0.2, 0.25) is 0 Å². The van der Waals surface area contributed by atoms with Crippen LogP contribution in [0.15, 0.2) is 48.3 Å². The summed E-state index contributed by atoms with van der Waals surface area (Å²) in [6.07, 6.45) is 5.37. The summed E-state index contributed by atoms with van der Waals surface area (Å²) >= 11 is 0. The number of ketones is 1. The van der Waals surface area contributed by atoms with Crippen molar-refractivity contribution in [2.45, 2.75) is 20.8 Å². The Kier molecular flexibility index (Phi) is 3.12. The van der Waals surface area contributed by atoms with Gasteiger partial charge in [-0.25, -0.2) is 0 Å². The molecule has 1 aromatic carbocycles. The number of aryl methyl sites for hydroxylation is 1. The Hall–Kier alpha value is -1.83. The third kappa shape index (κ3) is 2.10. The molecular formula is C16H18O2. The van der Waals surface area contributed by atoms with Crippen molar-refractivity contribution in [1.29, 1.82) is 0 Å². The van der Waals surface area contributed by atoms with Gasteiger partial charge >= 0.3 is 0 Å². The summed E-state index contributed by atoms with van der Waals surface area (Å²) in [7, 11) is 0. The summed E-state index contributed by atoms with van der Waals surface area (Å²) < 4.78 is 0. The second kappa shape index (κ2) is 4.45. The molecule has 0 spiro atoms. The van der Waals surface area contributed by atoms with Crippen molar-refractivity contribution in [1.82, 2.24) is 0 Å². The van der Waals surface area contributed by atoms with Gasteiger partial charge in [0.15, 0.2) is 5.78 Å². The quantitative estimate of drug-likeness (QED) is 0.800. The smallest absolute Gasteiger partial charge is 0.174 e. The van der Waals surface area contributed by atoms with E-state index in [0.717, 1.165) is 5.56 Å². The minimum Gasteiger partial charge on any atom is -0.512 e. The summed E-state index contributed by atoms with van der Waals surface area (Å²) in [6.45, 7) is 5.85. The van der Waals surface area contributed by atoms with Gasteiger partial charge in [-0.15, -0.1) is 0 Å². The largest absolute Gasteiger partial charge is 0.512 e. The number of carbonyl (C=O) groups excluding carboxylic acids is 1. The lowest BCUT2D eigenvalue weighted by Gasteiger charge is -2.32. The van der Waals surface area contributed by atoms with Crippen molar-refractivity contribution in [3.8, 4) is 0 Å². The van der Waals surface area contributed by atoms with Crippen LogP contribution in [0.4, 0.5) is 0 Å². The lowest BCUT2D eigenvalue weighted by molar-refractivity contribution is 0.0828. The molecule has 2 heteroatoms. The van der Waals surface area contributed by atoms with Gasteiger partial charge in [-0.05, 0) is 18.6 Å². The van der Waals surface area contributed by atoms with Crippen LogP contribution < -0.4 is 0 Å². The number of aliphatic hydroxyl groups is 1. The van der Waals surface area contributed by atoms with E-state index in [9.17, 15) is 9.90 Å². The molecule has 2 rings (SSSR count). The predicted molar refractivity (Wildman–Crippen MR) is 72.6 cm³/mol. The van der Waals surface area contributed by atoms with Crippen molar-refractivity contribution >= 4 is 5.78 Å². The third-order valence-electron chi connectivity index (χ3n) is 3.51. The van der Waals surface area contributed by atoms with Gasteiger partial charge in [0.2, 0.25) is 0 Å². The van der Waals surface area contributed by atoms with Gasteiger partial charge in [-0.2, -0.15) is 0 Å². The normalized spacial score (nSPS) is 21.5. The summed E-state index contributed by atoms with van der Waals surface area (Å²) in [6, 6.07) is 7.50. The molecular weight excluding hydrogens is 224 g/mol. The van der Waals surface area contributed by atoms with Crippen molar-refractivity contribution < 1.29 is 9.90 Å². The first-order valence-electron chi connectivity index (χ1n) is 6.12. The number of rotatable bonds is 2. The van der Waals surface area contributed by atoms with Gasteiger partial charge in [0.1, 0.15) is 5.76 Å². The number of carbonyl (C=O) groups is 1. The number of benzene rings is 1. The minimum atomic E-state index is -0.497. The van der Waals surface area contributed by atoms with Crippen LogP contribution in [0, 0.1) is 18.3 Å². The molecule has 0 bridgehead atoms. The first kappa shape index (κ1) is 12.6. The predicted octanol–water partition coefficient (Wildman–Crippen LogP) is 3.83. The van der Waals surface area contributed by atoms with Crippen molar-refractivity contribution in [3.05, 3.63) is 59.4 Å². The van der Waals surface area contributed by atoms with Crippen LogP contribution in [0.3, 0.4) is 0 Å². The fourth-order valence-corrected chi connectivity index (χ4v) is 2.45. The molecule has 0 amide bonds. The van der Waals surface area contributed by atoms with Crippen LogP contribution in [0.1, 0.15) is 29.8 Å². The third-order valence-corrected chi connectivity index (χ3v) is 3.51. The fraction of sp³-hybridized carbons (Fsp3) is 0.312. The average molecular weight is 242 g/mol. The molecule has 1 unspecified atom stereocenters. The topological polar surface area (TPSA) is 37.3 Å². The maximum atomic E-state index is 12.6. The molecule has 0 saturated heterocycles. The van der Waals surface area contributed by atoms with Crippen LogP contribution in [-0.2, 0) is 0 Å². The first-order valence-corrected chi connectivity index (χ1v) is 6.12. The van der Waals surface area contributed by atoms with Crippen LogP contribution >= 0.6 is 0 Å². The monoisotopic (exact) mass is 242 g/mol. The van der Waals surface area contributed by atoms with Gasteiger partial charge in [-0.3, -0.25) is 4.79 Å². The van der Waals surface area contributed by atoms with E-state index >= 15 is 0 Å².